The zero-order valence-electron chi connectivity index (χ0n) is 13.5. The van der Waals surface area contributed by atoms with Crippen LogP contribution in [0.4, 0.5) is 5.82 Å². The summed E-state index contributed by atoms with van der Waals surface area (Å²) in [6, 6.07) is 7.91. The van der Waals surface area contributed by atoms with E-state index in [1.165, 1.54) is 32.4 Å². The van der Waals surface area contributed by atoms with E-state index in [0.717, 1.165) is 37.7 Å². The van der Waals surface area contributed by atoms with Gasteiger partial charge in [-0.15, -0.1) is 0 Å². The molecule has 3 heterocycles. The smallest absolute Gasteiger partial charge is 0.142 e. The summed E-state index contributed by atoms with van der Waals surface area (Å²) in [6.07, 6.45) is 6.26. The monoisotopic (exact) mass is 312 g/mol. The second-order valence-corrected chi connectivity index (χ2v) is 7.34. The molecule has 1 N–H and O–H groups in total. The number of hydrogen-bond acceptors (Lipinski definition) is 5. The number of nitrogens with zero attached hydrogens (tertiary/aromatic N) is 3. The molecule has 3 aliphatic rings. The number of nitrogens with one attached hydrogen (secondary N) is 1. The van der Waals surface area contributed by atoms with Gasteiger partial charge in [-0.25, -0.2) is 4.98 Å². The largest absolute Gasteiger partial charge is 0.371 e. The minimum atomic E-state index is 0.0254. The number of pyridine rings is 1. The highest BCUT2D eigenvalue weighted by Gasteiger charge is 2.44. The lowest BCUT2D eigenvalue weighted by Crippen LogP contribution is -2.48. The van der Waals surface area contributed by atoms with Crippen LogP contribution in [0.25, 0.3) is 0 Å². The van der Waals surface area contributed by atoms with E-state index >= 15 is 0 Å². The van der Waals surface area contributed by atoms with E-state index in [-0.39, 0.29) is 11.6 Å². The van der Waals surface area contributed by atoms with Gasteiger partial charge in [0.25, 0.3) is 0 Å². The maximum atomic E-state index is 8.96. The van der Waals surface area contributed by atoms with E-state index in [1.807, 2.05) is 12.1 Å². The number of piperidine rings is 1. The van der Waals surface area contributed by atoms with Crippen molar-refractivity contribution in [3.05, 3.63) is 23.9 Å². The number of nitriles is 1. The lowest BCUT2D eigenvalue weighted by molar-refractivity contribution is -0.0521. The van der Waals surface area contributed by atoms with E-state index in [9.17, 15) is 0 Å². The molecule has 4 rings (SSSR count). The fraction of sp³-hybridized carbons (Fsp3) is 0.667. The number of rotatable bonds is 4. The average Bonchev–Trinajstić information content (AvgIpc) is 3.30. The molecule has 1 saturated carbocycles. The van der Waals surface area contributed by atoms with Crippen LogP contribution in [0.3, 0.4) is 0 Å². The molecule has 1 aromatic heterocycles. The zero-order chi connectivity index (χ0) is 15.7. The van der Waals surface area contributed by atoms with Crippen molar-refractivity contribution < 1.29 is 4.74 Å². The van der Waals surface area contributed by atoms with E-state index in [4.69, 9.17) is 10.00 Å². The topological polar surface area (TPSA) is 61.2 Å². The van der Waals surface area contributed by atoms with E-state index in [2.05, 4.69) is 21.3 Å². The van der Waals surface area contributed by atoms with Gasteiger partial charge in [0, 0.05) is 19.5 Å². The Morgan fingerprint density at radius 3 is 3.17 bits per heavy atom. The molecule has 5 nitrogen and oxygen atoms in total. The molecule has 2 aliphatic heterocycles. The van der Waals surface area contributed by atoms with Gasteiger partial charge in [-0.1, -0.05) is 6.07 Å². The summed E-state index contributed by atoms with van der Waals surface area (Å²) in [5, 5.41) is 12.4. The zero-order valence-corrected chi connectivity index (χ0v) is 13.5. The first-order chi connectivity index (χ1) is 11.2. The molecular formula is C18H24N4O. The average molecular weight is 312 g/mol. The van der Waals surface area contributed by atoms with Crippen LogP contribution in [0.15, 0.2) is 18.2 Å². The minimum Gasteiger partial charge on any atom is -0.371 e. The minimum absolute atomic E-state index is 0.0254. The highest BCUT2D eigenvalue weighted by atomic mass is 16.5. The fourth-order valence-corrected chi connectivity index (χ4v) is 4.02. The van der Waals surface area contributed by atoms with Gasteiger partial charge >= 0.3 is 0 Å². The normalized spacial score (nSPS) is 31.2. The molecule has 3 fully saturated rings. The molecule has 23 heavy (non-hydrogen) atoms. The van der Waals surface area contributed by atoms with Crippen LogP contribution in [-0.4, -0.2) is 47.8 Å². The van der Waals surface area contributed by atoms with E-state index in [0.29, 0.717) is 5.69 Å². The van der Waals surface area contributed by atoms with E-state index < -0.39 is 0 Å². The van der Waals surface area contributed by atoms with Crippen molar-refractivity contribution >= 4 is 5.82 Å². The Hall–Kier alpha value is -1.64. The quantitative estimate of drug-likeness (QED) is 0.925. The predicted octanol–water partition coefficient (Wildman–Crippen LogP) is 2.40. The van der Waals surface area contributed by atoms with Gasteiger partial charge in [0.1, 0.15) is 17.6 Å². The standard InChI is InChI=1S/C18H24N4O/c19-10-15-3-1-4-17(20-15)21-16-9-18(23-12-16)7-2-8-22(13-18)11-14-5-6-14/h1,3-4,14,16H,2,5-9,11-13H2,(H,20,21). The lowest BCUT2D eigenvalue weighted by Gasteiger charge is -2.39. The first-order valence-corrected chi connectivity index (χ1v) is 8.75. The van der Waals surface area contributed by atoms with Crippen molar-refractivity contribution in [2.75, 3.05) is 31.6 Å². The molecule has 0 bridgehead atoms. The first-order valence-electron chi connectivity index (χ1n) is 8.75. The number of ether oxygens (including phenoxy) is 1. The van der Waals surface area contributed by atoms with Crippen LogP contribution in [0.5, 0.6) is 0 Å². The highest BCUT2D eigenvalue weighted by Crippen LogP contribution is 2.37. The van der Waals surface area contributed by atoms with Crippen LogP contribution in [0, 0.1) is 17.2 Å². The summed E-state index contributed by atoms with van der Waals surface area (Å²) in [6.45, 7) is 4.30. The van der Waals surface area contributed by atoms with Gasteiger partial charge < -0.3 is 15.0 Å². The summed E-state index contributed by atoms with van der Waals surface area (Å²) in [4.78, 5) is 6.92. The molecule has 1 aliphatic carbocycles. The second-order valence-electron chi connectivity index (χ2n) is 7.34. The Kier molecular flexibility index (Phi) is 3.96. The first kappa shape index (κ1) is 14.9. The molecule has 2 saturated heterocycles. The lowest BCUT2D eigenvalue weighted by atomic mass is 9.88. The van der Waals surface area contributed by atoms with Gasteiger partial charge in [-0.3, -0.25) is 0 Å². The molecule has 0 radical (unpaired) electrons. The molecule has 2 atom stereocenters. The molecule has 0 aromatic carbocycles. The second kappa shape index (κ2) is 6.10. The number of anilines is 1. The van der Waals surface area contributed by atoms with Gasteiger partial charge in [-0.05, 0) is 50.3 Å². The van der Waals surface area contributed by atoms with Crippen molar-refractivity contribution in [3.8, 4) is 6.07 Å². The maximum Gasteiger partial charge on any atom is 0.142 e. The van der Waals surface area contributed by atoms with Gasteiger partial charge in [0.2, 0.25) is 0 Å². The summed E-state index contributed by atoms with van der Waals surface area (Å²) >= 11 is 0. The molecule has 5 heteroatoms. The van der Waals surface area contributed by atoms with E-state index in [1.54, 1.807) is 6.07 Å². The van der Waals surface area contributed by atoms with Gasteiger partial charge in [0.05, 0.1) is 18.2 Å². The Balaban J connectivity index is 1.37. The van der Waals surface area contributed by atoms with Crippen molar-refractivity contribution in [2.24, 2.45) is 5.92 Å². The molecule has 0 amide bonds. The van der Waals surface area contributed by atoms with Gasteiger partial charge in [0.15, 0.2) is 0 Å². The Bertz CT molecular complexity index is 609. The third kappa shape index (κ3) is 3.49. The van der Waals surface area contributed by atoms with Crippen LogP contribution < -0.4 is 5.32 Å². The Morgan fingerprint density at radius 2 is 2.35 bits per heavy atom. The van der Waals surface area contributed by atoms with Crippen LogP contribution in [-0.2, 0) is 4.74 Å². The third-order valence-corrected chi connectivity index (χ3v) is 5.26. The van der Waals surface area contributed by atoms with Crippen LogP contribution in [0.2, 0.25) is 0 Å². The molecule has 122 valence electrons. The maximum absolute atomic E-state index is 8.96. The van der Waals surface area contributed by atoms with Crippen molar-refractivity contribution in [2.45, 2.75) is 43.7 Å². The molecule has 1 aromatic rings. The third-order valence-electron chi connectivity index (χ3n) is 5.26. The summed E-state index contributed by atoms with van der Waals surface area (Å²) < 4.78 is 6.26. The fourth-order valence-electron chi connectivity index (χ4n) is 4.02. The summed E-state index contributed by atoms with van der Waals surface area (Å²) in [5.41, 5.74) is 0.481. The van der Waals surface area contributed by atoms with Gasteiger partial charge in [-0.2, -0.15) is 5.26 Å². The molecular weight excluding hydrogens is 288 g/mol. The van der Waals surface area contributed by atoms with Crippen molar-refractivity contribution in [1.29, 1.82) is 5.26 Å². The number of likely N-dealkylation sites (tertiary alicyclic amines) is 1. The molecule has 1 spiro atoms. The SMILES string of the molecule is N#Cc1cccc(NC2COC3(CCCN(CC4CC4)C3)C2)n1. The van der Waals surface area contributed by atoms with Crippen molar-refractivity contribution in [1.82, 2.24) is 9.88 Å². The number of hydrogen-bond donors (Lipinski definition) is 1. The number of aromatic nitrogens is 1. The van der Waals surface area contributed by atoms with Crippen molar-refractivity contribution in [3.63, 3.8) is 0 Å². The summed E-state index contributed by atoms with van der Waals surface area (Å²) in [7, 11) is 0. The van der Waals surface area contributed by atoms with Crippen LogP contribution >= 0.6 is 0 Å². The Morgan fingerprint density at radius 1 is 1.43 bits per heavy atom. The Labute approximate surface area is 137 Å². The summed E-state index contributed by atoms with van der Waals surface area (Å²) in [5.74, 6) is 1.72. The predicted molar refractivity (Wildman–Crippen MR) is 88.1 cm³/mol. The molecule has 2 unspecified atom stereocenters. The van der Waals surface area contributed by atoms with Crippen LogP contribution in [0.1, 0.15) is 37.8 Å². The highest BCUT2D eigenvalue weighted by molar-refractivity contribution is 5.39.